The number of hydrogen-bond donors (Lipinski definition) is 1. The van der Waals surface area contributed by atoms with Crippen molar-refractivity contribution in [3.63, 3.8) is 0 Å². The van der Waals surface area contributed by atoms with Crippen LogP contribution in [0.3, 0.4) is 0 Å². The maximum atomic E-state index is 3.69. The SMILES string of the molecule is CCCNC(Cc1cccc(Br)c1)c1ccc(Br)cc1Br. The molecule has 1 N–H and O–H groups in total. The molecule has 0 radical (unpaired) electrons. The van der Waals surface area contributed by atoms with Crippen molar-refractivity contribution in [3.05, 3.63) is 67.0 Å². The standard InChI is InChI=1S/C17H18Br3N/c1-2-8-21-17(10-12-4-3-5-13(18)9-12)15-7-6-14(19)11-16(15)20/h3-7,9,11,17,21H,2,8,10H2,1H3. The highest BCUT2D eigenvalue weighted by molar-refractivity contribution is 9.11. The van der Waals surface area contributed by atoms with Crippen molar-refractivity contribution in [1.29, 1.82) is 0 Å². The fraction of sp³-hybridized carbons (Fsp3) is 0.294. The molecule has 0 saturated carbocycles. The van der Waals surface area contributed by atoms with Gasteiger partial charge in [0, 0.05) is 19.5 Å². The largest absolute Gasteiger partial charge is 0.310 e. The first-order chi connectivity index (χ1) is 10.1. The molecule has 0 fully saturated rings. The molecule has 0 aliphatic heterocycles. The number of benzene rings is 2. The van der Waals surface area contributed by atoms with Crippen molar-refractivity contribution in [2.45, 2.75) is 25.8 Å². The monoisotopic (exact) mass is 473 g/mol. The van der Waals surface area contributed by atoms with E-state index in [1.807, 2.05) is 0 Å². The zero-order valence-electron chi connectivity index (χ0n) is 11.9. The molecule has 0 spiro atoms. The molecule has 4 heteroatoms. The molecule has 112 valence electrons. The van der Waals surface area contributed by atoms with Gasteiger partial charge in [0.15, 0.2) is 0 Å². The van der Waals surface area contributed by atoms with Crippen molar-refractivity contribution in [3.8, 4) is 0 Å². The van der Waals surface area contributed by atoms with Gasteiger partial charge < -0.3 is 5.32 Å². The fourth-order valence-electron chi connectivity index (χ4n) is 2.29. The van der Waals surface area contributed by atoms with Crippen molar-refractivity contribution >= 4 is 47.8 Å². The Kier molecular flexibility index (Phi) is 6.93. The van der Waals surface area contributed by atoms with Crippen LogP contribution in [0, 0.1) is 0 Å². The lowest BCUT2D eigenvalue weighted by molar-refractivity contribution is 0.527. The third kappa shape index (κ3) is 5.20. The van der Waals surface area contributed by atoms with Gasteiger partial charge in [-0.3, -0.25) is 0 Å². The Bertz CT molecular complexity index is 598. The summed E-state index contributed by atoms with van der Waals surface area (Å²) in [6.07, 6.45) is 2.10. The zero-order chi connectivity index (χ0) is 15.2. The highest BCUT2D eigenvalue weighted by Crippen LogP contribution is 2.29. The summed E-state index contributed by atoms with van der Waals surface area (Å²) in [6, 6.07) is 15.2. The molecule has 0 aliphatic rings. The molecular formula is C17H18Br3N. The second kappa shape index (κ2) is 8.47. The van der Waals surface area contributed by atoms with E-state index in [2.05, 4.69) is 102 Å². The lowest BCUT2D eigenvalue weighted by Crippen LogP contribution is -2.24. The highest BCUT2D eigenvalue weighted by Gasteiger charge is 2.15. The van der Waals surface area contributed by atoms with Gasteiger partial charge in [0.25, 0.3) is 0 Å². The first-order valence-electron chi connectivity index (χ1n) is 7.03. The van der Waals surface area contributed by atoms with Crippen molar-refractivity contribution in [2.75, 3.05) is 6.54 Å². The van der Waals surface area contributed by atoms with E-state index >= 15 is 0 Å². The molecule has 1 atom stereocenters. The molecular weight excluding hydrogens is 458 g/mol. The highest BCUT2D eigenvalue weighted by atomic mass is 79.9. The Labute approximate surface area is 151 Å². The molecule has 0 bridgehead atoms. The van der Waals surface area contributed by atoms with Crippen LogP contribution in [0.5, 0.6) is 0 Å². The van der Waals surface area contributed by atoms with Gasteiger partial charge in [0.1, 0.15) is 0 Å². The van der Waals surface area contributed by atoms with Gasteiger partial charge in [-0.15, -0.1) is 0 Å². The lowest BCUT2D eigenvalue weighted by Gasteiger charge is -2.21. The quantitative estimate of drug-likeness (QED) is 0.520. The number of hydrogen-bond acceptors (Lipinski definition) is 1. The summed E-state index contributed by atoms with van der Waals surface area (Å²) < 4.78 is 3.36. The second-order valence-corrected chi connectivity index (χ2v) is 7.69. The molecule has 2 rings (SSSR count). The van der Waals surface area contributed by atoms with Crippen LogP contribution in [0.4, 0.5) is 0 Å². The number of nitrogens with one attached hydrogen (secondary N) is 1. The molecule has 2 aromatic rings. The van der Waals surface area contributed by atoms with Crippen LogP contribution in [0.2, 0.25) is 0 Å². The van der Waals surface area contributed by atoms with Crippen LogP contribution in [0.15, 0.2) is 55.9 Å². The van der Waals surface area contributed by atoms with Crippen molar-refractivity contribution in [2.24, 2.45) is 0 Å². The Morgan fingerprint density at radius 2 is 1.76 bits per heavy atom. The normalized spacial score (nSPS) is 12.4. The van der Waals surface area contributed by atoms with E-state index in [1.165, 1.54) is 11.1 Å². The van der Waals surface area contributed by atoms with Gasteiger partial charge in [-0.1, -0.05) is 72.9 Å². The van der Waals surface area contributed by atoms with Gasteiger partial charge in [-0.05, 0) is 54.8 Å². The fourth-order valence-corrected chi connectivity index (χ4v) is 4.06. The van der Waals surface area contributed by atoms with Gasteiger partial charge >= 0.3 is 0 Å². The summed E-state index contributed by atoms with van der Waals surface area (Å²) in [4.78, 5) is 0. The topological polar surface area (TPSA) is 12.0 Å². The molecule has 0 saturated heterocycles. The van der Waals surface area contributed by atoms with Crippen LogP contribution in [0.1, 0.15) is 30.5 Å². The van der Waals surface area contributed by atoms with Crippen LogP contribution in [-0.4, -0.2) is 6.54 Å². The minimum atomic E-state index is 0.307. The third-order valence-electron chi connectivity index (χ3n) is 3.31. The second-order valence-electron chi connectivity index (χ2n) is 5.01. The van der Waals surface area contributed by atoms with E-state index in [-0.39, 0.29) is 0 Å². The van der Waals surface area contributed by atoms with Gasteiger partial charge in [-0.25, -0.2) is 0 Å². The van der Waals surface area contributed by atoms with Crippen molar-refractivity contribution in [1.82, 2.24) is 5.32 Å². The minimum absolute atomic E-state index is 0.307. The first kappa shape index (κ1) is 17.2. The molecule has 2 aromatic carbocycles. The van der Waals surface area contributed by atoms with E-state index in [0.717, 1.165) is 32.8 Å². The molecule has 0 aromatic heterocycles. The molecule has 21 heavy (non-hydrogen) atoms. The van der Waals surface area contributed by atoms with E-state index in [9.17, 15) is 0 Å². The van der Waals surface area contributed by atoms with E-state index < -0.39 is 0 Å². The molecule has 0 amide bonds. The van der Waals surface area contributed by atoms with Crippen LogP contribution in [0.25, 0.3) is 0 Å². The third-order valence-corrected chi connectivity index (χ3v) is 4.98. The Hall–Kier alpha value is -0.160. The Morgan fingerprint density at radius 3 is 2.43 bits per heavy atom. The van der Waals surface area contributed by atoms with E-state index in [1.54, 1.807) is 0 Å². The maximum absolute atomic E-state index is 3.69. The van der Waals surface area contributed by atoms with Gasteiger partial charge in [0.05, 0.1) is 0 Å². The summed E-state index contributed by atoms with van der Waals surface area (Å²) in [7, 11) is 0. The molecule has 0 heterocycles. The minimum Gasteiger partial charge on any atom is -0.310 e. The zero-order valence-corrected chi connectivity index (χ0v) is 16.6. The number of halogens is 3. The van der Waals surface area contributed by atoms with Gasteiger partial charge in [-0.2, -0.15) is 0 Å². The smallest absolute Gasteiger partial charge is 0.0372 e. The predicted molar refractivity (Wildman–Crippen MR) is 101 cm³/mol. The average molecular weight is 476 g/mol. The molecule has 1 nitrogen and oxygen atoms in total. The lowest BCUT2D eigenvalue weighted by atomic mass is 9.99. The van der Waals surface area contributed by atoms with Crippen LogP contribution >= 0.6 is 47.8 Å². The van der Waals surface area contributed by atoms with E-state index in [0.29, 0.717) is 6.04 Å². The summed E-state index contributed by atoms with van der Waals surface area (Å²) >= 11 is 10.8. The average Bonchev–Trinajstić information content (AvgIpc) is 2.44. The first-order valence-corrected chi connectivity index (χ1v) is 9.41. The van der Waals surface area contributed by atoms with Gasteiger partial charge in [0.2, 0.25) is 0 Å². The predicted octanol–water partition coefficient (Wildman–Crippen LogP) is 6.26. The molecule has 0 aliphatic carbocycles. The Balaban J connectivity index is 2.25. The van der Waals surface area contributed by atoms with Crippen LogP contribution < -0.4 is 5.32 Å². The summed E-state index contributed by atoms with van der Waals surface area (Å²) in [5, 5.41) is 3.65. The summed E-state index contributed by atoms with van der Waals surface area (Å²) in [5.41, 5.74) is 2.62. The van der Waals surface area contributed by atoms with Crippen molar-refractivity contribution < 1.29 is 0 Å². The summed E-state index contributed by atoms with van der Waals surface area (Å²) in [6.45, 7) is 3.21. The van der Waals surface area contributed by atoms with E-state index in [4.69, 9.17) is 0 Å². The maximum Gasteiger partial charge on any atom is 0.0372 e. The summed E-state index contributed by atoms with van der Waals surface area (Å²) in [5.74, 6) is 0. The Morgan fingerprint density at radius 1 is 1.00 bits per heavy atom. The number of rotatable bonds is 6. The molecule has 1 unspecified atom stereocenters. The van der Waals surface area contributed by atoms with Crippen LogP contribution in [-0.2, 0) is 6.42 Å².